The van der Waals surface area contributed by atoms with E-state index < -0.39 is 0 Å². The van der Waals surface area contributed by atoms with Crippen LogP contribution in [0.1, 0.15) is 27.0 Å². The van der Waals surface area contributed by atoms with Crippen molar-refractivity contribution in [2.24, 2.45) is 0 Å². The van der Waals surface area contributed by atoms with Crippen molar-refractivity contribution in [3.63, 3.8) is 0 Å². The van der Waals surface area contributed by atoms with Crippen molar-refractivity contribution < 1.29 is 4.79 Å². The predicted molar refractivity (Wildman–Crippen MR) is 82.6 cm³/mol. The molecule has 0 fully saturated rings. The normalized spacial score (nSPS) is 10.5. The summed E-state index contributed by atoms with van der Waals surface area (Å²) in [7, 11) is 0. The molecule has 4 heteroatoms. The highest BCUT2D eigenvalue weighted by Gasteiger charge is 2.16. The van der Waals surface area contributed by atoms with Crippen LogP contribution < -0.4 is 0 Å². The van der Waals surface area contributed by atoms with Crippen molar-refractivity contribution >= 4 is 28.3 Å². The van der Waals surface area contributed by atoms with Crippen LogP contribution in [0.15, 0.2) is 42.6 Å². The summed E-state index contributed by atoms with van der Waals surface area (Å²) in [6.07, 6.45) is 1.68. The molecule has 0 unspecified atom stereocenters. The molecule has 0 saturated heterocycles. The third kappa shape index (κ3) is 2.31. The molecule has 2 aromatic carbocycles. The molecule has 0 saturated carbocycles. The zero-order valence-electron chi connectivity index (χ0n) is 11.3. The molecule has 0 aliphatic heterocycles. The first-order chi connectivity index (χ1) is 10.1. The van der Waals surface area contributed by atoms with Crippen LogP contribution in [0.5, 0.6) is 0 Å². The number of H-pyrrole nitrogens is 1. The molecular formula is C17H11ClN2O. The van der Waals surface area contributed by atoms with Gasteiger partial charge >= 0.3 is 0 Å². The number of ketones is 1. The van der Waals surface area contributed by atoms with Crippen molar-refractivity contribution in [1.82, 2.24) is 4.98 Å². The van der Waals surface area contributed by atoms with Gasteiger partial charge in [0.1, 0.15) is 0 Å². The minimum atomic E-state index is -0.0554. The van der Waals surface area contributed by atoms with Crippen LogP contribution in [0, 0.1) is 18.3 Å². The number of hydrogen-bond acceptors (Lipinski definition) is 2. The molecule has 1 N–H and O–H groups in total. The van der Waals surface area contributed by atoms with Gasteiger partial charge in [-0.1, -0.05) is 17.7 Å². The largest absolute Gasteiger partial charge is 0.360 e. The van der Waals surface area contributed by atoms with E-state index in [0.29, 0.717) is 21.7 Å². The van der Waals surface area contributed by atoms with E-state index in [-0.39, 0.29) is 5.78 Å². The van der Waals surface area contributed by atoms with Gasteiger partial charge < -0.3 is 4.98 Å². The number of nitrogens with zero attached hydrogens (tertiary/aromatic N) is 1. The van der Waals surface area contributed by atoms with Gasteiger partial charge in [0, 0.05) is 33.2 Å². The van der Waals surface area contributed by atoms with E-state index in [1.54, 1.807) is 42.6 Å². The molecule has 0 aliphatic carbocycles. The number of nitriles is 1. The lowest BCUT2D eigenvalue weighted by Gasteiger charge is -2.04. The molecule has 0 atom stereocenters. The maximum absolute atomic E-state index is 12.7. The number of fused-ring (bicyclic) bond motifs is 1. The summed E-state index contributed by atoms with van der Waals surface area (Å²) < 4.78 is 0. The summed E-state index contributed by atoms with van der Waals surface area (Å²) in [6, 6.07) is 12.6. The van der Waals surface area contributed by atoms with Crippen LogP contribution >= 0.6 is 11.6 Å². The molecule has 1 heterocycles. The summed E-state index contributed by atoms with van der Waals surface area (Å²) in [6.45, 7) is 1.86. The summed E-state index contributed by atoms with van der Waals surface area (Å²) in [4.78, 5) is 15.7. The Morgan fingerprint density at radius 1 is 1.19 bits per heavy atom. The Hall–Kier alpha value is -2.57. The van der Waals surface area contributed by atoms with E-state index in [0.717, 1.165) is 16.5 Å². The number of aromatic nitrogens is 1. The summed E-state index contributed by atoms with van der Waals surface area (Å²) in [5, 5.41) is 10.3. The molecule has 3 aromatic rings. The number of aromatic amines is 1. The highest BCUT2D eigenvalue weighted by atomic mass is 35.5. The average Bonchev–Trinajstić information content (AvgIpc) is 2.89. The molecule has 1 aromatic heterocycles. The molecular weight excluding hydrogens is 284 g/mol. The molecule has 0 bridgehead atoms. The fourth-order valence-electron chi connectivity index (χ4n) is 2.41. The Labute approximate surface area is 126 Å². The van der Waals surface area contributed by atoms with Gasteiger partial charge in [-0.15, -0.1) is 0 Å². The monoisotopic (exact) mass is 294 g/mol. The first-order valence-corrected chi connectivity index (χ1v) is 6.80. The van der Waals surface area contributed by atoms with Crippen LogP contribution in [-0.2, 0) is 0 Å². The van der Waals surface area contributed by atoms with Gasteiger partial charge in [-0.05, 0) is 42.8 Å². The smallest absolute Gasteiger partial charge is 0.195 e. The molecule has 0 radical (unpaired) electrons. The number of benzene rings is 2. The van der Waals surface area contributed by atoms with E-state index in [1.807, 2.05) is 6.92 Å². The van der Waals surface area contributed by atoms with Crippen LogP contribution in [0.2, 0.25) is 5.02 Å². The van der Waals surface area contributed by atoms with Crippen LogP contribution in [-0.4, -0.2) is 10.8 Å². The van der Waals surface area contributed by atoms with Gasteiger partial charge in [0.25, 0.3) is 0 Å². The molecule has 102 valence electrons. The summed E-state index contributed by atoms with van der Waals surface area (Å²) >= 11 is 5.93. The Balaban J connectivity index is 2.12. The predicted octanol–water partition coefficient (Wildman–Crippen LogP) is 4.23. The van der Waals surface area contributed by atoms with Gasteiger partial charge in [0.15, 0.2) is 5.78 Å². The topological polar surface area (TPSA) is 56.6 Å². The minimum absolute atomic E-state index is 0.0554. The highest BCUT2D eigenvalue weighted by Crippen LogP contribution is 2.24. The molecule has 3 rings (SSSR count). The lowest BCUT2D eigenvalue weighted by molar-refractivity contribution is 0.104. The van der Waals surface area contributed by atoms with Crippen molar-refractivity contribution in [3.8, 4) is 6.07 Å². The number of hydrogen-bond donors (Lipinski definition) is 1. The number of carbonyl (C=O) groups excluding carboxylic acids is 1. The lowest BCUT2D eigenvalue weighted by Crippen LogP contribution is -2.02. The van der Waals surface area contributed by atoms with E-state index in [2.05, 4.69) is 11.1 Å². The Bertz CT molecular complexity index is 903. The second-order valence-electron chi connectivity index (χ2n) is 4.86. The van der Waals surface area contributed by atoms with E-state index in [9.17, 15) is 4.79 Å². The second-order valence-corrected chi connectivity index (χ2v) is 5.30. The number of nitrogens with one attached hydrogen (secondary N) is 1. The van der Waals surface area contributed by atoms with Crippen molar-refractivity contribution in [3.05, 3.63) is 69.9 Å². The molecule has 0 aliphatic rings. The fraction of sp³-hybridized carbons (Fsp3) is 0.0588. The van der Waals surface area contributed by atoms with Crippen molar-refractivity contribution in [2.45, 2.75) is 6.92 Å². The highest BCUT2D eigenvalue weighted by molar-refractivity contribution is 6.31. The van der Waals surface area contributed by atoms with E-state index >= 15 is 0 Å². The van der Waals surface area contributed by atoms with Gasteiger partial charge in [-0.25, -0.2) is 0 Å². The first kappa shape index (κ1) is 13.4. The van der Waals surface area contributed by atoms with Crippen molar-refractivity contribution in [1.29, 1.82) is 5.26 Å². The third-order valence-electron chi connectivity index (χ3n) is 3.49. The first-order valence-electron chi connectivity index (χ1n) is 6.42. The van der Waals surface area contributed by atoms with E-state index in [1.165, 1.54) is 0 Å². The second kappa shape index (κ2) is 5.08. The standard InChI is InChI=1S/C17H11ClN2O/c1-10-6-12(18)3-5-13(10)17(21)15-9-20-16-7-11(8-19)2-4-14(15)16/h2-7,9,20H,1H3. The zero-order valence-corrected chi connectivity index (χ0v) is 12.0. The summed E-state index contributed by atoms with van der Waals surface area (Å²) in [5.41, 5.74) is 3.41. The molecule has 3 nitrogen and oxygen atoms in total. The zero-order chi connectivity index (χ0) is 15.0. The number of rotatable bonds is 2. The van der Waals surface area contributed by atoms with Gasteiger partial charge in [-0.3, -0.25) is 4.79 Å². The minimum Gasteiger partial charge on any atom is -0.360 e. The number of halogens is 1. The number of aryl methyl sites for hydroxylation is 1. The Morgan fingerprint density at radius 2 is 2.00 bits per heavy atom. The quantitative estimate of drug-likeness (QED) is 0.719. The van der Waals surface area contributed by atoms with Gasteiger partial charge in [0.05, 0.1) is 11.6 Å². The molecule has 21 heavy (non-hydrogen) atoms. The molecule has 0 amide bonds. The molecule has 0 spiro atoms. The summed E-state index contributed by atoms with van der Waals surface area (Å²) in [5.74, 6) is -0.0554. The van der Waals surface area contributed by atoms with Crippen LogP contribution in [0.3, 0.4) is 0 Å². The van der Waals surface area contributed by atoms with Crippen LogP contribution in [0.25, 0.3) is 10.9 Å². The van der Waals surface area contributed by atoms with Gasteiger partial charge in [-0.2, -0.15) is 5.26 Å². The maximum atomic E-state index is 12.7. The van der Waals surface area contributed by atoms with Crippen molar-refractivity contribution in [2.75, 3.05) is 0 Å². The maximum Gasteiger partial charge on any atom is 0.195 e. The van der Waals surface area contributed by atoms with Crippen LogP contribution in [0.4, 0.5) is 0 Å². The fourth-order valence-corrected chi connectivity index (χ4v) is 2.64. The number of carbonyl (C=O) groups is 1. The third-order valence-corrected chi connectivity index (χ3v) is 3.72. The SMILES string of the molecule is Cc1cc(Cl)ccc1C(=O)c1c[nH]c2cc(C#N)ccc12. The lowest BCUT2D eigenvalue weighted by atomic mass is 9.98. The average molecular weight is 295 g/mol. The van der Waals surface area contributed by atoms with E-state index in [4.69, 9.17) is 16.9 Å². The van der Waals surface area contributed by atoms with Gasteiger partial charge in [0.2, 0.25) is 0 Å². The Morgan fingerprint density at radius 3 is 2.71 bits per heavy atom. The Kier molecular flexibility index (Phi) is 3.25.